The highest BCUT2D eigenvalue weighted by Crippen LogP contribution is 2.40. The van der Waals surface area contributed by atoms with Gasteiger partial charge in [0.1, 0.15) is 5.82 Å². The second-order valence-corrected chi connectivity index (χ2v) is 6.85. The van der Waals surface area contributed by atoms with Crippen LogP contribution in [0.25, 0.3) is 0 Å². The van der Waals surface area contributed by atoms with Gasteiger partial charge in [0.25, 0.3) is 0 Å². The van der Waals surface area contributed by atoms with Crippen LogP contribution in [0.5, 0.6) is 0 Å². The van der Waals surface area contributed by atoms with Crippen LogP contribution in [-0.4, -0.2) is 31.8 Å². The molecular formula is C13H22N2OS. The zero-order valence-corrected chi connectivity index (χ0v) is 11.8. The standard InChI is InChI=1S/C13H22N2OS/c1-4-15-6-5-14-11(15)7-13(16)8-12(2,3)9-17-10-13/h5-6,16H,4,7-10H2,1-3H3. The van der Waals surface area contributed by atoms with Crippen LogP contribution in [0, 0.1) is 5.41 Å². The molecule has 1 N–H and O–H groups in total. The van der Waals surface area contributed by atoms with E-state index in [1.165, 1.54) is 0 Å². The molecule has 1 atom stereocenters. The van der Waals surface area contributed by atoms with Crippen LogP contribution < -0.4 is 0 Å². The van der Waals surface area contributed by atoms with E-state index in [0.29, 0.717) is 6.42 Å². The molecule has 0 spiro atoms. The minimum Gasteiger partial charge on any atom is -0.389 e. The van der Waals surface area contributed by atoms with Gasteiger partial charge in [0.15, 0.2) is 0 Å². The van der Waals surface area contributed by atoms with Gasteiger partial charge >= 0.3 is 0 Å². The Hall–Kier alpha value is -0.480. The molecule has 1 aliphatic heterocycles. The number of imidazole rings is 1. The Labute approximate surface area is 108 Å². The van der Waals surface area contributed by atoms with Crippen molar-refractivity contribution in [1.82, 2.24) is 9.55 Å². The van der Waals surface area contributed by atoms with Crippen LogP contribution in [0.15, 0.2) is 12.4 Å². The highest BCUT2D eigenvalue weighted by atomic mass is 32.2. The average molecular weight is 254 g/mol. The molecule has 1 aromatic rings. The van der Waals surface area contributed by atoms with Gasteiger partial charge in [-0.25, -0.2) is 4.98 Å². The van der Waals surface area contributed by atoms with E-state index >= 15 is 0 Å². The molecule has 1 aliphatic rings. The van der Waals surface area contributed by atoms with E-state index in [2.05, 4.69) is 30.3 Å². The summed E-state index contributed by atoms with van der Waals surface area (Å²) in [7, 11) is 0. The summed E-state index contributed by atoms with van der Waals surface area (Å²) in [5.41, 5.74) is -0.369. The van der Waals surface area contributed by atoms with E-state index < -0.39 is 5.60 Å². The lowest BCUT2D eigenvalue weighted by Gasteiger charge is -2.41. The third kappa shape index (κ3) is 3.05. The smallest absolute Gasteiger partial charge is 0.111 e. The summed E-state index contributed by atoms with van der Waals surface area (Å²) in [6.45, 7) is 7.49. The van der Waals surface area contributed by atoms with Crippen LogP contribution in [-0.2, 0) is 13.0 Å². The van der Waals surface area contributed by atoms with E-state index in [1.807, 2.05) is 24.2 Å². The maximum atomic E-state index is 10.7. The number of hydrogen-bond acceptors (Lipinski definition) is 3. The van der Waals surface area contributed by atoms with Crippen molar-refractivity contribution < 1.29 is 5.11 Å². The van der Waals surface area contributed by atoms with Gasteiger partial charge in [0.05, 0.1) is 5.60 Å². The van der Waals surface area contributed by atoms with E-state index in [9.17, 15) is 5.11 Å². The number of aliphatic hydroxyl groups is 1. The Balaban J connectivity index is 2.12. The Morgan fingerprint density at radius 2 is 2.24 bits per heavy atom. The summed E-state index contributed by atoms with van der Waals surface area (Å²) in [6, 6.07) is 0. The lowest BCUT2D eigenvalue weighted by atomic mass is 9.80. The average Bonchev–Trinajstić information content (AvgIpc) is 2.62. The second kappa shape index (κ2) is 4.65. The van der Waals surface area contributed by atoms with Crippen molar-refractivity contribution in [3.8, 4) is 0 Å². The summed E-state index contributed by atoms with van der Waals surface area (Å²) in [4.78, 5) is 4.37. The first kappa shape index (κ1) is 13.0. The van der Waals surface area contributed by atoms with Crippen molar-refractivity contribution in [2.75, 3.05) is 11.5 Å². The van der Waals surface area contributed by atoms with Crippen molar-refractivity contribution in [2.45, 2.75) is 45.8 Å². The molecule has 1 unspecified atom stereocenters. The fourth-order valence-electron chi connectivity index (χ4n) is 2.71. The molecule has 1 saturated heterocycles. The number of nitrogens with zero attached hydrogens (tertiary/aromatic N) is 2. The van der Waals surface area contributed by atoms with Crippen molar-refractivity contribution >= 4 is 11.8 Å². The third-order valence-corrected chi connectivity index (χ3v) is 5.03. The van der Waals surface area contributed by atoms with Gasteiger partial charge in [-0.05, 0) is 24.5 Å². The molecule has 0 aliphatic carbocycles. The fourth-order valence-corrected chi connectivity index (χ4v) is 4.05. The van der Waals surface area contributed by atoms with Crippen molar-refractivity contribution in [2.24, 2.45) is 5.41 Å². The maximum absolute atomic E-state index is 10.7. The summed E-state index contributed by atoms with van der Waals surface area (Å²) >= 11 is 1.86. The zero-order valence-electron chi connectivity index (χ0n) is 10.9. The Morgan fingerprint density at radius 1 is 1.47 bits per heavy atom. The molecule has 96 valence electrons. The molecule has 2 heterocycles. The highest BCUT2D eigenvalue weighted by molar-refractivity contribution is 7.99. The Morgan fingerprint density at radius 3 is 2.88 bits per heavy atom. The monoisotopic (exact) mass is 254 g/mol. The molecular weight excluding hydrogens is 232 g/mol. The molecule has 0 amide bonds. The van der Waals surface area contributed by atoms with Gasteiger partial charge in [0, 0.05) is 31.1 Å². The first-order chi connectivity index (χ1) is 7.94. The van der Waals surface area contributed by atoms with Crippen LogP contribution >= 0.6 is 11.8 Å². The fraction of sp³-hybridized carbons (Fsp3) is 0.769. The van der Waals surface area contributed by atoms with E-state index in [4.69, 9.17) is 0 Å². The maximum Gasteiger partial charge on any atom is 0.111 e. The van der Waals surface area contributed by atoms with Crippen molar-refractivity contribution in [1.29, 1.82) is 0 Å². The third-order valence-electron chi connectivity index (χ3n) is 3.30. The molecule has 4 heteroatoms. The Kier molecular flexibility index (Phi) is 3.55. The molecule has 0 aromatic carbocycles. The number of aromatic nitrogens is 2. The predicted octanol–water partition coefficient (Wildman–Crippen LogP) is 2.34. The van der Waals surface area contributed by atoms with Crippen molar-refractivity contribution in [3.63, 3.8) is 0 Å². The normalized spacial score (nSPS) is 28.2. The number of aryl methyl sites for hydroxylation is 1. The zero-order chi connectivity index (χ0) is 12.5. The lowest BCUT2D eigenvalue weighted by molar-refractivity contribution is 0.0176. The van der Waals surface area contributed by atoms with Crippen LogP contribution in [0.4, 0.5) is 0 Å². The van der Waals surface area contributed by atoms with Crippen LogP contribution in [0.1, 0.15) is 33.0 Å². The van der Waals surface area contributed by atoms with Gasteiger partial charge in [0.2, 0.25) is 0 Å². The molecule has 1 aromatic heterocycles. The van der Waals surface area contributed by atoms with Gasteiger partial charge in [-0.1, -0.05) is 13.8 Å². The van der Waals surface area contributed by atoms with E-state index in [-0.39, 0.29) is 5.41 Å². The molecule has 1 fully saturated rings. The van der Waals surface area contributed by atoms with Crippen LogP contribution in [0.3, 0.4) is 0 Å². The van der Waals surface area contributed by atoms with Gasteiger partial charge < -0.3 is 9.67 Å². The summed E-state index contributed by atoms with van der Waals surface area (Å²) < 4.78 is 2.12. The largest absolute Gasteiger partial charge is 0.389 e. The number of hydrogen-bond donors (Lipinski definition) is 1. The number of thioether (sulfide) groups is 1. The number of rotatable bonds is 3. The van der Waals surface area contributed by atoms with Crippen molar-refractivity contribution in [3.05, 3.63) is 18.2 Å². The highest BCUT2D eigenvalue weighted by Gasteiger charge is 2.39. The molecule has 17 heavy (non-hydrogen) atoms. The summed E-state index contributed by atoms with van der Waals surface area (Å²) in [5, 5.41) is 10.7. The van der Waals surface area contributed by atoms with Gasteiger partial charge in [-0.3, -0.25) is 0 Å². The molecule has 0 saturated carbocycles. The topological polar surface area (TPSA) is 38.0 Å². The molecule has 2 rings (SSSR count). The SMILES string of the molecule is CCn1ccnc1CC1(O)CSCC(C)(C)C1. The predicted molar refractivity (Wildman–Crippen MR) is 72.3 cm³/mol. The van der Waals surface area contributed by atoms with Gasteiger partial charge in [-0.15, -0.1) is 0 Å². The molecule has 3 nitrogen and oxygen atoms in total. The quantitative estimate of drug-likeness (QED) is 0.899. The molecule has 0 bridgehead atoms. The Bertz CT molecular complexity index is 389. The first-order valence-corrected chi connectivity index (χ1v) is 7.40. The summed E-state index contributed by atoms with van der Waals surface area (Å²) in [5.74, 6) is 2.97. The minimum atomic E-state index is -0.593. The van der Waals surface area contributed by atoms with E-state index in [1.54, 1.807) is 0 Å². The van der Waals surface area contributed by atoms with Gasteiger partial charge in [-0.2, -0.15) is 11.8 Å². The van der Waals surface area contributed by atoms with E-state index in [0.717, 1.165) is 30.3 Å². The minimum absolute atomic E-state index is 0.224. The molecule has 0 radical (unpaired) electrons. The second-order valence-electron chi connectivity index (χ2n) is 5.86. The lowest BCUT2D eigenvalue weighted by Crippen LogP contribution is -2.44. The first-order valence-electron chi connectivity index (χ1n) is 6.24. The summed E-state index contributed by atoms with van der Waals surface area (Å²) in [6.07, 6.45) is 5.34. The van der Waals surface area contributed by atoms with Crippen LogP contribution in [0.2, 0.25) is 0 Å².